The van der Waals surface area contributed by atoms with Gasteiger partial charge in [0.05, 0.1) is 18.1 Å². The minimum atomic E-state index is -4.37. The van der Waals surface area contributed by atoms with Crippen LogP contribution in [0.2, 0.25) is 5.15 Å². The average molecular weight is 304 g/mol. The Labute approximate surface area is 106 Å². The number of sulfonamides is 1. The fourth-order valence-electron chi connectivity index (χ4n) is 1.06. The van der Waals surface area contributed by atoms with Crippen molar-refractivity contribution in [3.05, 3.63) is 17.5 Å². The molecular weight excluding hydrogens is 295 g/mol. The van der Waals surface area contributed by atoms with Crippen molar-refractivity contribution in [2.75, 3.05) is 10.5 Å². The number of halogens is 4. The van der Waals surface area contributed by atoms with Gasteiger partial charge in [0.25, 0.3) is 0 Å². The number of hydrogen-bond donors (Lipinski definition) is 1. The molecule has 0 amide bonds. The van der Waals surface area contributed by atoms with E-state index in [4.69, 9.17) is 11.6 Å². The lowest BCUT2D eigenvalue weighted by Gasteiger charge is -2.08. The van der Waals surface area contributed by atoms with Crippen LogP contribution in [-0.4, -0.2) is 30.3 Å². The fourth-order valence-corrected chi connectivity index (χ4v) is 2.26. The molecule has 0 radical (unpaired) electrons. The van der Waals surface area contributed by atoms with Crippen LogP contribution in [0.5, 0.6) is 0 Å². The van der Waals surface area contributed by atoms with E-state index in [0.29, 0.717) is 0 Å². The summed E-state index contributed by atoms with van der Waals surface area (Å²) < 4.78 is 60.4. The summed E-state index contributed by atoms with van der Waals surface area (Å²) in [6, 6.07) is 0. The zero-order valence-electron chi connectivity index (χ0n) is 8.91. The van der Waals surface area contributed by atoms with E-state index < -0.39 is 34.8 Å². The number of anilines is 1. The van der Waals surface area contributed by atoms with E-state index in [0.717, 1.165) is 6.20 Å². The van der Waals surface area contributed by atoms with Crippen molar-refractivity contribution in [3.8, 4) is 0 Å². The van der Waals surface area contributed by atoms with Crippen molar-refractivity contribution in [2.45, 2.75) is 19.0 Å². The van der Waals surface area contributed by atoms with Crippen LogP contribution in [-0.2, 0) is 10.0 Å². The summed E-state index contributed by atoms with van der Waals surface area (Å²) in [6.45, 7) is 0. The van der Waals surface area contributed by atoms with E-state index in [2.05, 4.69) is 9.97 Å². The molecule has 0 aliphatic heterocycles. The Balaban J connectivity index is 2.55. The number of alkyl halides is 3. The molecule has 10 heteroatoms. The largest absolute Gasteiger partial charge is 0.389 e. The van der Waals surface area contributed by atoms with Crippen molar-refractivity contribution in [2.24, 2.45) is 0 Å². The Hall–Kier alpha value is -1.09. The maximum atomic E-state index is 11.9. The van der Waals surface area contributed by atoms with E-state index in [1.165, 1.54) is 6.20 Å². The first-order valence-electron chi connectivity index (χ1n) is 4.73. The molecule has 0 unspecified atom stereocenters. The van der Waals surface area contributed by atoms with Crippen molar-refractivity contribution in [1.82, 2.24) is 9.97 Å². The van der Waals surface area contributed by atoms with Gasteiger partial charge in [-0.25, -0.2) is 13.4 Å². The van der Waals surface area contributed by atoms with E-state index in [9.17, 15) is 21.6 Å². The number of rotatable bonds is 5. The molecule has 0 saturated heterocycles. The predicted octanol–water partition coefficient (Wildman–Crippen LogP) is 2.21. The van der Waals surface area contributed by atoms with Crippen molar-refractivity contribution in [3.63, 3.8) is 0 Å². The monoisotopic (exact) mass is 303 g/mol. The summed E-state index contributed by atoms with van der Waals surface area (Å²) >= 11 is 5.48. The van der Waals surface area contributed by atoms with Gasteiger partial charge < -0.3 is 0 Å². The van der Waals surface area contributed by atoms with Crippen molar-refractivity contribution >= 4 is 27.4 Å². The summed E-state index contributed by atoms with van der Waals surface area (Å²) in [4.78, 5) is 7.19. The quantitative estimate of drug-likeness (QED) is 0.905. The molecule has 0 saturated carbocycles. The van der Waals surface area contributed by atoms with Crippen molar-refractivity contribution < 1.29 is 21.6 Å². The number of nitrogens with one attached hydrogen (secondary N) is 1. The van der Waals surface area contributed by atoms with Gasteiger partial charge in [-0.1, -0.05) is 11.6 Å². The topological polar surface area (TPSA) is 72.0 Å². The highest BCUT2D eigenvalue weighted by Crippen LogP contribution is 2.21. The second-order valence-corrected chi connectivity index (χ2v) is 5.60. The SMILES string of the molecule is O=S(=O)(CCCC(F)(F)F)Nc1cncc(Cl)n1. The highest BCUT2D eigenvalue weighted by molar-refractivity contribution is 7.92. The Morgan fingerprint density at radius 3 is 2.56 bits per heavy atom. The second-order valence-electron chi connectivity index (χ2n) is 3.37. The van der Waals surface area contributed by atoms with Crippen LogP contribution in [0.3, 0.4) is 0 Å². The fraction of sp³-hybridized carbons (Fsp3) is 0.500. The number of hydrogen-bond acceptors (Lipinski definition) is 4. The molecule has 1 heterocycles. The van der Waals surface area contributed by atoms with Gasteiger partial charge in [0.2, 0.25) is 10.0 Å². The standard InChI is InChI=1S/C8H9ClF3N3O2S/c9-6-4-13-5-7(14-6)15-18(16,17)3-1-2-8(10,11)12/h4-5H,1-3H2,(H,14,15). The summed E-state index contributed by atoms with van der Waals surface area (Å²) in [5.41, 5.74) is 0. The molecule has 1 N–H and O–H groups in total. The normalized spacial score (nSPS) is 12.4. The molecule has 0 bridgehead atoms. The van der Waals surface area contributed by atoms with E-state index in [-0.39, 0.29) is 11.0 Å². The smallest absolute Gasteiger partial charge is 0.266 e. The van der Waals surface area contributed by atoms with Gasteiger partial charge in [0, 0.05) is 6.42 Å². The molecule has 5 nitrogen and oxygen atoms in total. The first-order valence-corrected chi connectivity index (χ1v) is 6.76. The molecular formula is C8H9ClF3N3O2S. The van der Waals surface area contributed by atoms with Gasteiger partial charge in [0.15, 0.2) is 5.82 Å². The summed E-state index contributed by atoms with van der Waals surface area (Å²) in [7, 11) is -3.88. The number of aromatic nitrogens is 2. The minimum Gasteiger partial charge on any atom is -0.266 e. The van der Waals surface area contributed by atoms with Gasteiger partial charge in [-0.05, 0) is 6.42 Å². The zero-order chi connectivity index (χ0) is 13.8. The highest BCUT2D eigenvalue weighted by atomic mass is 35.5. The summed E-state index contributed by atoms with van der Waals surface area (Å²) in [5.74, 6) is -0.782. The molecule has 18 heavy (non-hydrogen) atoms. The van der Waals surface area contributed by atoms with Crippen LogP contribution < -0.4 is 4.72 Å². The highest BCUT2D eigenvalue weighted by Gasteiger charge is 2.27. The Morgan fingerprint density at radius 2 is 2.00 bits per heavy atom. The molecule has 0 aliphatic carbocycles. The molecule has 0 atom stereocenters. The van der Waals surface area contributed by atoms with Gasteiger partial charge in [-0.2, -0.15) is 13.2 Å². The molecule has 0 aromatic carbocycles. The summed E-state index contributed by atoms with van der Waals surface area (Å²) in [5, 5.41) is -0.0227. The molecule has 0 aliphatic rings. The molecule has 0 fully saturated rings. The average Bonchev–Trinajstić information content (AvgIpc) is 2.13. The Morgan fingerprint density at radius 1 is 1.33 bits per heavy atom. The van der Waals surface area contributed by atoms with Crippen molar-refractivity contribution in [1.29, 1.82) is 0 Å². The van der Waals surface area contributed by atoms with E-state index in [1.54, 1.807) is 0 Å². The third-order valence-electron chi connectivity index (χ3n) is 1.74. The molecule has 1 aromatic rings. The van der Waals surface area contributed by atoms with E-state index in [1.807, 2.05) is 4.72 Å². The third kappa shape index (κ3) is 6.01. The molecule has 1 aromatic heterocycles. The van der Waals surface area contributed by atoms with Gasteiger partial charge >= 0.3 is 6.18 Å². The van der Waals surface area contributed by atoms with E-state index >= 15 is 0 Å². The summed E-state index contributed by atoms with van der Waals surface area (Å²) in [6.07, 6.45) is -3.75. The Kier molecular flexibility index (Phi) is 4.74. The van der Waals surface area contributed by atoms with Crippen LogP contribution in [0, 0.1) is 0 Å². The lowest BCUT2D eigenvalue weighted by molar-refractivity contribution is -0.134. The maximum Gasteiger partial charge on any atom is 0.389 e. The van der Waals surface area contributed by atoms with Crippen LogP contribution in [0.4, 0.5) is 19.0 Å². The van der Waals surface area contributed by atoms with Gasteiger partial charge in [0.1, 0.15) is 5.15 Å². The molecule has 102 valence electrons. The number of nitrogens with zero attached hydrogens (tertiary/aromatic N) is 2. The lowest BCUT2D eigenvalue weighted by atomic mass is 10.3. The maximum absolute atomic E-state index is 11.9. The predicted molar refractivity (Wildman–Crippen MR) is 59.7 cm³/mol. The van der Waals surface area contributed by atoms with Crippen LogP contribution in [0.15, 0.2) is 12.4 Å². The van der Waals surface area contributed by atoms with Gasteiger partial charge in [-0.15, -0.1) is 0 Å². The molecule has 0 spiro atoms. The van der Waals surface area contributed by atoms with Crippen LogP contribution >= 0.6 is 11.6 Å². The first-order chi connectivity index (χ1) is 8.18. The van der Waals surface area contributed by atoms with Crippen LogP contribution in [0.25, 0.3) is 0 Å². The minimum absolute atomic E-state index is 0.0227. The Bertz CT molecular complexity index is 507. The zero-order valence-corrected chi connectivity index (χ0v) is 10.5. The second kappa shape index (κ2) is 5.70. The first kappa shape index (κ1) is 15.0. The van der Waals surface area contributed by atoms with Crippen LogP contribution in [0.1, 0.15) is 12.8 Å². The molecule has 1 rings (SSSR count). The third-order valence-corrected chi connectivity index (χ3v) is 3.27. The van der Waals surface area contributed by atoms with Gasteiger partial charge in [-0.3, -0.25) is 9.71 Å². The lowest BCUT2D eigenvalue weighted by Crippen LogP contribution is -2.19.